The molecule has 1 aromatic carbocycles. The average Bonchev–Trinajstić information content (AvgIpc) is 2.24. The fraction of sp³-hybridized carbons (Fsp3) is 0.571. The van der Waals surface area contributed by atoms with E-state index >= 15 is 0 Å². The van der Waals surface area contributed by atoms with Gasteiger partial charge >= 0.3 is 0 Å². The van der Waals surface area contributed by atoms with Crippen molar-refractivity contribution in [1.82, 2.24) is 0 Å². The summed E-state index contributed by atoms with van der Waals surface area (Å²) < 4.78 is 5.64. The second kappa shape index (κ2) is 6.02. The zero-order chi connectivity index (χ0) is 12.0. The van der Waals surface area contributed by atoms with Crippen LogP contribution in [-0.4, -0.2) is 18.3 Å². The Balaban J connectivity index is 2.35. The van der Waals surface area contributed by atoms with Crippen LogP contribution in [0, 0.1) is 11.3 Å². The van der Waals surface area contributed by atoms with Crippen LogP contribution >= 0.6 is 0 Å². The van der Waals surface area contributed by atoms with Gasteiger partial charge in [-0.15, -0.1) is 0 Å². The van der Waals surface area contributed by atoms with E-state index in [4.69, 9.17) is 4.74 Å². The van der Waals surface area contributed by atoms with E-state index in [1.165, 1.54) is 5.56 Å². The molecule has 1 rings (SSSR count). The van der Waals surface area contributed by atoms with Crippen LogP contribution in [0.5, 0.6) is 0 Å². The first-order chi connectivity index (χ1) is 7.54. The van der Waals surface area contributed by atoms with Crippen molar-refractivity contribution in [2.24, 2.45) is 11.3 Å². The molecule has 0 aromatic heterocycles. The normalized spacial score (nSPS) is 13.8. The molecule has 0 bridgehead atoms. The summed E-state index contributed by atoms with van der Waals surface area (Å²) in [5.41, 5.74) is 1.26. The van der Waals surface area contributed by atoms with Crippen molar-refractivity contribution in [2.45, 2.75) is 27.4 Å². The van der Waals surface area contributed by atoms with E-state index in [0.717, 1.165) is 0 Å². The Hall–Kier alpha value is -0.860. The molecule has 0 saturated heterocycles. The van der Waals surface area contributed by atoms with E-state index < -0.39 is 0 Å². The van der Waals surface area contributed by atoms with E-state index in [0.29, 0.717) is 13.2 Å². The molecule has 0 spiro atoms. The standard InChI is InChI=1S/C14H22O2/c1-14(2,3)13(9-15)11-16-10-12-7-5-4-6-8-12/h4-8,13,15H,9-11H2,1-3H3/t13-/m1/s1. The quantitative estimate of drug-likeness (QED) is 0.830. The molecule has 90 valence electrons. The fourth-order valence-electron chi connectivity index (χ4n) is 1.47. The van der Waals surface area contributed by atoms with Gasteiger partial charge in [0.05, 0.1) is 13.2 Å². The lowest BCUT2D eigenvalue weighted by Crippen LogP contribution is -2.28. The van der Waals surface area contributed by atoms with Crippen LogP contribution in [0.4, 0.5) is 0 Å². The predicted octanol–water partition coefficient (Wildman–Crippen LogP) is 2.86. The smallest absolute Gasteiger partial charge is 0.0717 e. The van der Waals surface area contributed by atoms with Crippen molar-refractivity contribution in [3.05, 3.63) is 35.9 Å². The summed E-state index contributed by atoms with van der Waals surface area (Å²) >= 11 is 0. The summed E-state index contributed by atoms with van der Waals surface area (Å²) in [4.78, 5) is 0. The van der Waals surface area contributed by atoms with Crippen LogP contribution in [0.2, 0.25) is 0 Å². The SMILES string of the molecule is CC(C)(C)[C@H](CO)COCc1ccccc1. The highest BCUT2D eigenvalue weighted by molar-refractivity contribution is 5.13. The lowest BCUT2D eigenvalue weighted by Gasteiger charge is -2.28. The maximum absolute atomic E-state index is 9.28. The molecule has 2 heteroatoms. The van der Waals surface area contributed by atoms with Crippen molar-refractivity contribution in [3.63, 3.8) is 0 Å². The van der Waals surface area contributed by atoms with Crippen molar-refractivity contribution in [3.8, 4) is 0 Å². The molecule has 0 amide bonds. The van der Waals surface area contributed by atoms with Crippen molar-refractivity contribution in [1.29, 1.82) is 0 Å². The molecule has 0 unspecified atom stereocenters. The van der Waals surface area contributed by atoms with E-state index in [2.05, 4.69) is 20.8 Å². The Kier molecular flexibility index (Phi) is 4.97. The summed E-state index contributed by atoms with van der Waals surface area (Å²) in [6, 6.07) is 10.1. The number of hydrogen-bond donors (Lipinski definition) is 1. The Morgan fingerprint density at radius 1 is 1.19 bits per heavy atom. The largest absolute Gasteiger partial charge is 0.396 e. The van der Waals surface area contributed by atoms with Crippen LogP contribution in [0.25, 0.3) is 0 Å². The number of aliphatic hydroxyl groups is 1. The number of ether oxygens (including phenoxy) is 1. The first kappa shape index (κ1) is 13.2. The van der Waals surface area contributed by atoms with Gasteiger partial charge < -0.3 is 9.84 Å². The molecule has 1 atom stereocenters. The van der Waals surface area contributed by atoms with E-state index in [-0.39, 0.29) is 17.9 Å². The molecule has 16 heavy (non-hydrogen) atoms. The summed E-state index contributed by atoms with van der Waals surface area (Å²) in [6.45, 7) is 7.78. The van der Waals surface area contributed by atoms with E-state index in [1.54, 1.807) is 0 Å². The molecule has 1 aromatic rings. The molecule has 2 nitrogen and oxygen atoms in total. The summed E-state index contributed by atoms with van der Waals surface area (Å²) in [5.74, 6) is 0.191. The van der Waals surface area contributed by atoms with Crippen LogP contribution in [-0.2, 0) is 11.3 Å². The Labute approximate surface area is 98.3 Å². The lowest BCUT2D eigenvalue weighted by molar-refractivity contribution is 0.0167. The van der Waals surface area contributed by atoms with Gasteiger partial charge in [-0.2, -0.15) is 0 Å². The van der Waals surface area contributed by atoms with Crippen LogP contribution in [0.3, 0.4) is 0 Å². The molecule has 0 fully saturated rings. The molecule has 0 saturated carbocycles. The van der Waals surface area contributed by atoms with Gasteiger partial charge in [-0.3, -0.25) is 0 Å². The molecule has 0 aliphatic heterocycles. The van der Waals surface area contributed by atoms with Gasteiger partial charge in [-0.1, -0.05) is 51.1 Å². The average molecular weight is 222 g/mol. The summed E-state index contributed by atoms with van der Waals surface area (Å²) in [5, 5.41) is 9.28. The minimum Gasteiger partial charge on any atom is -0.396 e. The zero-order valence-electron chi connectivity index (χ0n) is 10.4. The maximum Gasteiger partial charge on any atom is 0.0717 e. The van der Waals surface area contributed by atoms with Gasteiger partial charge in [0, 0.05) is 12.5 Å². The Morgan fingerprint density at radius 3 is 2.31 bits per heavy atom. The number of hydrogen-bond acceptors (Lipinski definition) is 2. The summed E-state index contributed by atoms with van der Waals surface area (Å²) in [7, 11) is 0. The maximum atomic E-state index is 9.28. The monoisotopic (exact) mass is 222 g/mol. The first-order valence-corrected chi connectivity index (χ1v) is 5.76. The third-order valence-electron chi connectivity index (χ3n) is 2.88. The van der Waals surface area contributed by atoms with Crippen LogP contribution in [0.1, 0.15) is 26.3 Å². The Morgan fingerprint density at radius 2 is 1.81 bits per heavy atom. The van der Waals surface area contributed by atoms with Gasteiger partial charge in [0.15, 0.2) is 0 Å². The van der Waals surface area contributed by atoms with Gasteiger partial charge in [-0.05, 0) is 11.0 Å². The third kappa shape index (κ3) is 4.33. The minimum atomic E-state index is 0.0887. The van der Waals surface area contributed by atoms with Crippen LogP contribution in [0.15, 0.2) is 30.3 Å². The molecule has 0 aliphatic rings. The molecular formula is C14H22O2. The molecular weight excluding hydrogens is 200 g/mol. The number of aliphatic hydroxyl groups excluding tert-OH is 1. The molecule has 0 radical (unpaired) electrons. The van der Waals surface area contributed by atoms with Gasteiger partial charge in [0.1, 0.15) is 0 Å². The molecule has 0 aliphatic carbocycles. The van der Waals surface area contributed by atoms with Crippen LogP contribution < -0.4 is 0 Å². The van der Waals surface area contributed by atoms with Gasteiger partial charge in [-0.25, -0.2) is 0 Å². The molecule has 0 heterocycles. The second-order valence-electron chi connectivity index (χ2n) is 5.25. The number of rotatable bonds is 5. The lowest BCUT2D eigenvalue weighted by atomic mass is 9.82. The zero-order valence-corrected chi connectivity index (χ0v) is 10.4. The van der Waals surface area contributed by atoms with Crippen molar-refractivity contribution < 1.29 is 9.84 Å². The molecule has 1 N–H and O–H groups in total. The van der Waals surface area contributed by atoms with E-state index in [9.17, 15) is 5.11 Å². The second-order valence-corrected chi connectivity index (χ2v) is 5.25. The van der Waals surface area contributed by atoms with Crippen molar-refractivity contribution >= 4 is 0 Å². The minimum absolute atomic E-state index is 0.0887. The Bertz CT molecular complexity index is 287. The highest BCUT2D eigenvalue weighted by Crippen LogP contribution is 2.25. The van der Waals surface area contributed by atoms with Crippen molar-refractivity contribution in [2.75, 3.05) is 13.2 Å². The fourth-order valence-corrected chi connectivity index (χ4v) is 1.47. The van der Waals surface area contributed by atoms with Gasteiger partial charge in [0.25, 0.3) is 0 Å². The topological polar surface area (TPSA) is 29.5 Å². The highest BCUT2D eigenvalue weighted by Gasteiger charge is 2.23. The third-order valence-corrected chi connectivity index (χ3v) is 2.88. The predicted molar refractivity (Wildman–Crippen MR) is 66.1 cm³/mol. The highest BCUT2D eigenvalue weighted by atomic mass is 16.5. The van der Waals surface area contributed by atoms with E-state index in [1.807, 2.05) is 30.3 Å². The summed E-state index contributed by atoms with van der Waals surface area (Å²) in [6.07, 6.45) is 0. The number of benzene rings is 1. The van der Waals surface area contributed by atoms with Gasteiger partial charge in [0.2, 0.25) is 0 Å². The first-order valence-electron chi connectivity index (χ1n) is 5.76.